The van der Waals surface area contributed by atoms with Crippen LogP contribution in [0.25, 0.3) is 26.6 Å². The van der Waals surface area contributed by atoms with Crippen LogP contribution < -0.4 is 70.9 Å². The van der Waals surface area contributed by atoms with Gasteiger partial charge >= 0.3 is 23.8 Å². The van der Waals surface area contributed by atoms with E-state index in [1.807, 2.05) is 121 Å². The van der Waals surface area contributed by atoms with Gasteiger partial charge in [0, 0.05) is 117 Å². The molecule has 2 unspecified atom stereocenters. The van der Waals surface area contributed by atoms with E-state index < -0.39 is 24.6 Å². The van der Waals surface area contributed by atoms with E-state index in [0.717, 1.165) is 67.0 Å². The second kappa shape index (κ2) is 47.2. The number of aromatic nitrogens is 12. The molecule has 690 valence electrons. The van der Waals surface area contributed by atoms with E-state index in [9.17, 15) is 38.4 Å². The number of ketones is 1. The third-order valence-corrected chi connectivity index (χ3v) is 19.5. The molecule has 40 nitrogen and oxygen atoms in total. The molecule has 6 aromatic heterocycles. The normalized spacial score (nSPS) is 19.1. The Morgan fingerprint density at radius 1 is 0.568 bits per heavy atom. The topological polar surface area (TPSA) is 521 Å². The number of hydrazine groups is 1. The molecule has 16 N–H and O–H groups in total. The summed E-state index contributed by atoms with van der Waals surface area (Å²) in [6.45, 7) is 60.1. The average molecular weight is 1740 g/mol. The lowest BCUT2D eigenvalue weighted by Crippen LogP contribution is -2.59. The fourth-order valence-corrected chi connectivity index (χ4v) is 13.3. The summed E-state index contributed by atoms with van der Waals surface area (Å²) in [5.41, 5.74) is 23.2. The van der Waals surface area contributed by atoms with Gasteiger partial charge in [0.15, 0.2) is 16.9 Å². The number of carbonyl (C=O) groups excluding carboxylic acids is 7. The maximum atomic E-state index is 13.5. The molecule has 8 amide bonds. The number of ether oxygens (including phenoxy) is 4. The highest BCUT2D eigenvalue weighted by molar-refractivity contribution is 5.93. The Bertz CT molecular complexity index is 4820. The van der Waals surface area contributed by atoms with Crippen LogP contribution in [0.4, 0.5) is 15.5 Å². The summed E-state index contributed by atoms with van der Waals surface area (Å²) in [5, 5.41) is 34.0. The number of hydrogen-bond acceptors (Lipinski definition) is 26. The zero-order chi connectivity index (χ0) is 94.5. The number of amides is 8. The number of para-hydroxylation sites is 1. The molecule has 1 aromatic carbocycles. The molecular formula is C85H138N28O12. The first kappa shape index (κ1) is 106. The van der Waals surface area contributed by atoms with E-state index in [2.05, 4.69) is 196 Å². The van der Waals surface area contributed by atoms with Gasteiger partial charge in [0.05, 0.1) is 53.6 Å². The summed E-state index contributed by atoms with van der Waals surface area (Å²) < 4.78 is 24.2. The number of fused-ring (bicyclic) bond motifs is 3. The van der Waals surface area contributed by atoms with Crippen molar-refractivity contribution in [2.45, 2.75) is 293 Å². The monoisotopic (exact) mass is 1740 g/mol. The molecule has 4 aliphatic rings. The van der Waals surface area contributed by atoms with Crippen molar-refractivity contribution in [3.8, 4) is 11.8 Å². The summed E-state index contributed by atoms with van der Waals surface area (Å²) >= 11 is 0. The number of likely N-dealkylation sites (tertiary alicyclic amines) is 2. The third-order valence-electron chi connectivity index (χ3n) is 19.5. The first-order valence-electron chi connectivity index (χ1n) is 41.5. The summed E-state index contributed by atoms with van der Waals surface area (Å²) in [5.74, 6) is 5.67. The number of benzene rings is 1. The second-order valence-corrected chi connectivity index (χ2v) is 37.7. The highest BCUT2D eigenvalue weighted by atomic mass is 16.8. The maximum absolute atomic E-state index is 13.5. The lowest BCUT2D eigenvalue weighted by Gasteiger charge is -2.43. The van der Waals surface area contributed by atoms with Crippen molar-refractivity contribution in [3.63, 3.8) is 0 Å². The van der Waals surface area contributed by atoms with Gasteiger partial charge in [-0.3, -0.25) is 34.4 Å². The number of carbonyl (C=O) groups is 7. The zero-order valence-corrected chi connectivity index (χ0v) is 77.9. The van der Waals surface area contributed by atoms with Crippen LogP contribution in [0.3, 0.4) is 0 Å². The molecule has 2 saturated heterocycles. The lowest BCUT2D eigenvalue weighted by molar-refractivity contribution is -0.252. The number of Topliss-reactive ketones (excluding diaryl/α,β-unsaturated/α-hetero) is 1. The first-order chi connectivity index (χ1) is 58.0. The molecule has 2 aliphatic heterocycles. The molecular weight excluding hydrogens is 1610 g/mol. The summed E-state index contributed by atoms with van der Waals surface area (Å²) in [6.07, 6.45) is 11.1. The Morgan fingerprint density at radius 3 is 1.39 bits per heavy atom. The Hall–Kier alpha value is -11.3. The molecule has 2 saturated carbocycles. The molecule has 4 fully saturated rings. The van der Waals surface area contributed by atoms with Crippen LogP contribution in [-0.4, -0.2) is 229 Å². The second-order valence-electron chi connectivity index (χ2n) is 37.7. The highest BCUT2D eigenvalue weighted by Gasteiger charge is 2.44. The average Bonchev–Trinajstić information content (AvgIpc) is 1.65. The number of urea groups is 2. The van der Waals surface area contributed by atoms with E-state index in [1.165, 1.54) is 51.8 Å². The van der Waals surface area contributed by atoms with Gasteiger partial charge in [-0.15, -0.1) is 0 Å². The number of primary amides is 2. The number of hydrazone groups is 1. The Balaban J connectivity index is 0.000000320. The molecule has 11 rings (SSSR count). The quantitative estimate of drug-likeness (QED) is 0.0110. The molecule has 2 aliphatic carbocycles. The largest absolute Gasteiger partial charge is 0.424 e. The Kier molecular flexibility index (Phi) is 40.0. The number of rotatable bonds is 16. The van der Waals surface area contributed by atoms with Crippen LogP contribution in [-0.2, 0) is 54.4 Å². The molecule has 0 radical (unpaired) electrons. The fraction of sp³-hybridized carbons (Fsp3) is 0.635. The van der Waals surface area contributed by atoms with E-state index >= 15 is 0 Å². The van der Waals surface area contributed by atoms with Crippen LogP contribution in [0.2, 0.25) is 0 Å². The number of methoxy groups -OCH3 is 3. The maximum Gasteiger partial charge on any atom is 0.349 e. The van der Waals surface area contributed by atoms with Gasteiger partial charge in [-0.05, 0) is 105 Å². The van der Waals surface area contributed by atoms with Crippen molar-refractivity contribution < 1.29 is 52.5 Å². The Labute approximate surface area is 734 Å². The molecule has 40 heteroatoms. The van der Waals surface area contributed by atoms with Crippen LogP contribution in [0.15, 0.2) is 77.4 Å². The molecule has 8 heterocycles. The summed E-state index contributed by atoms with van der Waals surface area (Å²) in [7, 11) is 4.53. The van der Waals surface area contributed by atoms with Crippen molar-refractivity contribution in [2.24, 2.45) is 39.0 Å². The number of nitrogens with one attached hydrogen (secondary N) is 8. The van der Waals surface area contributed by atoms with Crippen molar-refractivity contribution in [2.75, 3.05) is 52.8 Å². The minimum Gasteiger partial charge on any atom is -0.424 e. The molecule has 7 aromatic rings. The van der Waals surface area contributed by atoms with Gasteiger partial charge in [-0.2, -0.15) is 38.9 Å². The zero-order valence-electron chi connectivity index (χ0n) is 77.9. The van der Waals surface area contributed by atoms with Crippen LogP contribution in [0.5, 0.6) is 11.8 Å². The molecule has 0 spiro atoms. The van der Waals surface area contributed by atoms with Crippen LogP contribution >= 0.6 is 0 Å². The third kappa shape index (κ3) is 35.4. The number of anilines is 1. The lowest BCUT2D eigenvalue weighted by atomic mass is 9.84. The fourth-order valence-electron chi connectivity index (χ4n) is 13.3. The van der Waals surface area contributed by atoms with Gasteiger partial charge in [0.2, 0.25) is 35.4 Å². The smallest absolute Gasteiger partial charge is 0.349 e. The highest BCUT2D eigenvalue weighted by Crippen LogP contribution is 2.33. The van der Waals surface area contributed by atoms with E-state index in [-0.39, 0.29) is 117 Å². The van der Waals surface area contributed by atoms with Crippen LogP contribution in [0.1, 0.15) is 228 Å². The van der Waals surface area contributed by atoms with E-state index in [0.29, 0.717) is 67.0 Å². The first-order valence-corrected chi connectivity index (χ1v) is 41.5. The van der Waals surface area contributed by atoms with E-state index in [4.69, 9.17) is 34.4 Å². The van der Waals surface area contributed by atoms with Crippen molar-refractivity contribution >= 4 is 70.1 Å². The number of nitrogens with two attached hydrogens (primary N) is 4. The van der Waals surface area contributed by atoms with Gasteiger partial charge < -0.3 is 82.2 Å². The number of nitrogens with zero attached hydrogens (tertiary/aromatic N) is 16. The predicted octanol–water partition coefficient (Wildman–Crippen LogP) is 7.77. The summed E-state index contributed by atoms with van der Waals surface area (Å²) in [4.78, 5) is 125. The molecule has 125 heavy (non-hydrogen) atoms. The number of hydrogen-bond donors (Lipinski definition) is 12. The molecule has 8 atom stereocenters. The summed E-state index contributed by atoms with van der Waals surface area (Å²) in [6, 6.07) is 14.1. The van der Waals surface area contributed by atoms with Gasteiger partial charge in [-0.25, -0.2) is 58.7 Å². The van der Waals surface area contributed by atoms with Gasteiger partial charge in [-0.1, -0.05) is 122 Å². The minimum absolute atomic E-state index is 0.000324. The minimum atomic E-state index is -0.718. The Morgan fingerprint density at radius 2 is 1.01 bits per heavy atom. The van der Waals surface area contributed by atoms with Gasteiger partial charge in [0.25, 0.3) is 19.6 Å². The standard InChI is InChI=1S/C25H40N8O2.C16H30N4O2.C15H16N4O.C9H12N4O.C8H14N4O.C7H11NO.C4H10O3.CH5N3O/c1-15(34)28-18-12-16(30-25(5,6)7)8-9-19(18)32-11-10-17(22(32)35)29-23-27-14-26-21-13-20(24(2,3)4)31-33(21)23;1-10(21)18-13-9-11(19-16(2,3)4)5-6-14(13)20-8-7-12(17)15(20)22;1-15(2,3)12-9-13-16-10-17-14(19(13)18-12)20-11-7-5-4-6-8-11;1-9(2,3)6-4-7-10-5-11-8(14)13(7)12-6;1-8(2,3)6(5-10-4)11-12-7(9)13;1-7(2,3)6(9)5-8-4;1-5-4(6-2)7-3;2-1(5)4-3/h13-14,16-19,30H,8-12H2,1-7H3,(H,28,34)(H,26,27,29);11-14,19H,5-9,17H2,1-4H3,(H,18,21);4-10H,1-3H3;4-5H,1-3H3,(H,10,11,14);5H2,1-3H3,(H3,9,12,13);5H2,1-3H3;4H,1-3H3;3H2,(H3,2,4,5)/b;;;;11-6+;;;/t16-,17?,18-,19+;11?,12-,13+,14-;;;;;;/m10....../s1. The van der Waals surface area contributed by atoms with Gasteiger partial charge in [0.1, 0.15) is 30.2 Å². The number of H-pyrrole nitrogens is 1. The molecule has 0 bridgehead atoms. The van der Waals surface area contributed by atoms with Crippen molar-refractivity contribution in [3.05, 3.63) is 118 Å². The van der Waals surface area contributed by atoms with Crippen molar-refractivity contribution in [1.29, 1.82) is 0 Å². The van der Waals surface area contributed by atoms with Crippen molar-refractivity contribution in [1.82, 2.24) is 101 Å². The number of aromatic amines is 1. The SMILES string of the molecule is CC(=O)N[C@@H]1CC(NC(C)(C)C)CC[C@@H]1N1CC[C@H](N)C1=O.CC(=O)N[C@@H]1C[C@H](NC(C)(C)C)CC[C@@H]1N1CCC(Nc2ncnc3cc(C(C)(C)C)nn23)C1=O.CC(C)(C)c1cc2nc[nH]c(=O)n2n1.CC(C)(C)c1cc2ncnc(Oc3ccccc3)n2n1.COC(OC)OC.NNC(N)=O.[C-]#[N+]C/C(=N\NC(N)=O)C(C)(C)C.[C-]#[N+]CC(=O)C(C)(C)C. The predicted molar refractivity (Wildman–Crippen MR) is 478 cm³/mol. The van der Waals surface area contributed by atoms with Crippen LogP contribution in [0, 0.1) is 24.0 Å². The van der Waals surface area contributed by atoms with E-state index in [1.54, 1.807) is 21.4 Å².